The number of anilines is 3. The second-order valence-corrected chi connectivity index (χ2v) is 8.45. The third kappa shape index (κ3) is 2.79. The van der Waals surface area contributed by atoms with Crippen LogP contribution in [0.3, 0.4) is 0 Å². The lowest BCUT2D eigenvalue weighted by atomic mass is 9.63. The van der Waals surface area contributed by atoms with Crippen molar-refractivity contribution >= 4 is 39.6 Å². The minimum Gasteiger partial charge on any atom is -0.369 e. The number of aromatic nitrogens is 2. The SMILES string of the molecule is Cn1cnc2ccc(Nc3c(F)ccc(N4CC5(CCC5)C4)c3Cl)c(F)c2c1=O. The maximum absolute atomic E-state index is 15.1. The number of nitrogens with zero attached hydrogens (tertiary/aromatic N) is 3. The van der Waals surface area contributed by atoms with Crippen molar-refractivity contribution in [3.05, 3.63) is 57.6 Å². The summed E-state index contributed by atoms with van der Waals surface area (Å²) in [7, 11) is 1.50. The Hall–Kier alpha value is -2.67. The Morgan fingerprint density at radius 1 is 1.17 bits per heavy atom. The highest BCUT2D eigenvalue weighted by Gasteiger charge is 2.47. The average Bonchev–Trinajstić information content (AvgIpc) is 2.62. The fourth-order valence-electron chi connectivity index (χ4n) is 4.31. The Balaban J connectivity index is 1.52. The average molecular weight is 417 g/mol. The van der Waals surface area contributed by atoms with E-state index in [9.17, 15) is 9.18 Å². The zero-order chi connectivity index (χ0) is 20.3. The minimum atomic E-state index is -0.783. The predicted molar refractivity (Wildman–Crippen MR) is 110 cm³/mol. The van der Waals surface area contributed by atoms with Gasteiger partial charge < -0.3 is 14.8 Å². The van der Waals surface area contributed by atoms with Crippen LogP contribution in [0, 0.1) is 17.0 Å². The van der Waals surface area contributed by atoms with E-state index >= 15 is 4.39 Å². The highest BCUT2D eigenvalue weighted by atomic mass is 35.5. The smallest absolute Gasteiger partial charge is 0.263 e. The number of nitrogens with one attached hydrogen (secondary N) is 1. The molecule has 2 fully saturated rings. The predicted octanol–water partition coefficient (Wildman–Crippen LogP) is 4.60. The summed E-state index contributed by atoms with van der Waals surface area (Å²) in [4.78, 5) is 18.5. The second kappa shape index (κ2) is 6.42. The van der Waals surface area contributed by atoms with Crippen molar-refractivity contribution < 1.29 is 8.78 Å². The molecule has 1 saturated heterocycles. The fourth-order valence-corrected chi connectivity index (χ4v) is 4.63. The van der Waals surface area contributed by atoms with Crippen LogP contribution in [-0.4, -0.2) is 22.6 Å². The molecule has 1 aromatic heterocycles. The van der Waals surface area contributed by atoms with E-state index in [1.807, 2.05) is 0 Å². The lowest BCUT2D eigenvalue weighted by Crippen LogP contribution is -2.59. The lowest BCUT2D eigenvalue weighted by molar-refractivity contribution is 0.0904. The summed E-state index contributed by atoms with van der Waals surface area (Å²) in [5.41, 5.74) is 0.817. The maximum Gasteiger partial charge on any atom is 0.263 e. The summed E-state index contributed by atoms with van der Waals surface area (Å²) < 4.78 is 30.8. The van der Waals surface area contributed by atoms with Gasteiger partial charge in [-0.25, -0.2) is 13.8 Å². The van der Waals surface area contributed by atoms with Crippen molar-refractivity contribution in [1.82, 2.24) is 9.55 Å². The van der Waals surface area contributed by atoms with E-state index in [-0.39, 0.29) is 27.3 Å². The molecular weight excluding hydrogens is 398 g/mol. The Morgan fingerprint density at radius 3 is 2.62 bits per heavy atom. The van der Waals surface area contributed by atoms with Crippen LogP contribution in [-0.2, 0) is 7.05 Å². The van der Waals surface area contributed by atoms with Gasteiger partial charge in [-0.1, -0.05) is 18.0 Å². The van der Waals surface area contributed by atoms with Gasteiger partial charge in [0.1, 0.15) is 11.2 Å². The van der Waals surface area contributed by atoms with Crippen molar-refractivity contribution in [3.8, 4) is 0 Å². The first-order chi connectivity index (χ1) is 13.9. The van der Waals surface area contributed by atoms with Crippen LogP contribution in [0.25, 0.3) is 10.9 Å². The molecule has 1 N–H and O–H groups in total. The molecule has 1 saturated carbocycles. The van der Waals surface area contributed by atoms with E-state index in [0.717, 1.165) is 18.8 Å². The summed E-state index contributed by atoms with van der Waals surface area (Å²) in [5, 5.41) is 2.81. The van der Waals surface area contributed by atoms with Crippen LogP contribution < -0.4 is 15.8 Å². The first-order valence-electron chi connectivity index (χ1n) is 9.52. The largest absolute Gasteiger partial charge is 0.369 e. The van der Waals surface area contributed by atoms with Gasteiger partial charge in [-0.3, -0.25) is 4.79 Å². The van der Waals surface area contributed by atoms with E-state index in [0.29, 0.717) is 5.41 Å². The molecule has 1 aliphatic heterocycles. The molecule has 1 spiro atoms. The zero-order valence-electron chi connectivity index (χ0n) is 15.8. The van der Waals surface area contributed by atoms with Gasteiger partial charge >= 0.3 is 0 Å². The van der Waals surface area contributed by atoms with E-state index in [1.54, 1.807) is 6.07 Å². The van der Waals surface area contributed by atoms with Crippen molar-refractivity contribution in [3.63, 3.8) is 0 Å². The van der Waals surface area contributed by atoms with E-state index < -0.39 is 17.2 Å². The first kappa shape index (κ1) is 18.4. The molecule has 2 heterocycles. The Kier molecular flexibility index (Phi) is 4.07. The molecule has 150 valence electrons. The molecule has 5 nitrogen and oxygen atoms in total. The van der Waals surface area contributed by atoms with Crippen molar-refractivity contribution in [2.45, 2.75) is 19.3 Å². The molecule has 0 atom stereocenters. The summed E-state index contributed by atoms with van der Waals surface area (Å²) in [6.45, 7) is 1.81. The van der Waals surface area contributed by atoms with Gasteiger partial charge in [-0.05, 0) is 37.1 Å². The topological polar surface area (TPSA) is 50.2 Å². The number of hydrogen-bond donors (Lipinski definition) is 1. The third-order valence-corrected chi connectivity index (χ3v) is 6.54. The third-order valence-electron chi connectivity index (χ3n) is 6.16. The highest BCUT2D eigenvalue weighted by molar-refractivity contribution is 6.36. The molecule has 0 radical (unpaired) electrons. The molecule has 0 bridgehead atoms. The molecule has 3 aromatic rings. The van der Waals surface area contributed by atoms with Gasteiger partial charge in [-0.2, -0.15) is 0 Å². The number of fused-ring (bicyclic) bond motifs is 1. The van der Waals surface area contributed by atoms with Crippen LogP contribution in [0.15, 0.2) is 35.4 Å². The van der Waals surface area contributed by atoms with Gasteiger partial charge in [0.15, 0.2) is 5.82 Å². The standard InChI is InChI=1S/C21H19ClF2N4O/c1-27-11-25-13-4-5-14(18(24)16(13)20(27)29)26-19-12(23)3-6-15(17(19)22)28-9-21(10-28)7-2-8-21/h3-6,11,26H,2,7-10H2,1H3. The maximum atomic E-state index is 15.1. The summed E-state index contributed by atoms with van der Waals surface area (Å²) in [6, 6.07) is 5.94. The number of halogens is 3. The van der Waals surface area contributed by atoms with Crippen LogP contribution in [0.1, 0.15) is 19.3 Å². The fraction of sp³-hybridized carbons (Fsp3) is 0.333. The van der Waals surface area contributed by atoms with Crippen LogP contribution >= 0.6 is 11.6 Å². The normalized spacial score (nSPS) is 17.3. The molecule has 0 amide bonds. The van der Waals surface area contributed by atoms with E-state index in [2.05, 4.69) is 15.2 Å². The number of aryl methyl sites for hydroxylation is 1. The number of benzene rings is 2. The summed E-state index contributed by atoms with van der Waals surface area (Å²) in [6.07, 6.45) is 5.03. The van der Waals surface area contributed by atoms with E-state index in [1.165, 1.54) is 55.4 Å². The Morgan fingerprint density at radius 2 is 1.93 bits per heavy atom. The summed E-state index contributed by atoms with van der Waals surface area (Å²) >= 11 is 6.51. The van der Waals surface area contributed by atoms with Crippen LogP contribution in [0.5, 0.6) is 0 Å². The monoisotopic (exact) mass is 416 g/mol. The molecule has 29 heavy (non-hydrogen) atoms. The van der Waals surface area contributed by atoms with Crippen molar-refractivity contribution in [1.29, 1.82) is 0 Å². The lowest BCUT2D eigenvalue weighted by Gasteiger charge is -2.57. The Labute approximate surface area is 170 Å². The molecule has 1 aliphatic carbocycles. The number of rotatable bonds is 3. The van der Waals surface area contributed by atoms with Gasteiger partial charge in [0.2, 0.25) is 0 Å². The van der Waals surface area contributed by atoms with Gasteiger partial charge in [0.25, 0.3) is 5.56 Å². The molecular formula is C21H19ClF2N4O. The van der Waals surface area contributed by atoms with Gasteiger partial charge in [0, 0.05) is 25.6 Å². The van der Waals surface area contributed by atoms with Crippen LogP contribution in [0.2, 0.25) is 5.02 Å². The van der Waals surface area contributed by atoms with E-state index in [4.69, 9.17) is 11.6 Å². The zero-order valence-corrected chi connectivity index (χ0v) is 16.6. The number of hydrogen-bond acceptors (Lipinski definition) is 4. The first-order valence-corrected chi connectivity index (χ1v) is 9.90. The molecule has 0 unspecified atom stereocenters. The van der Waals surface area contributed by atoms with Crippen molar-refractivity contribution in [2.24, 2.45) is 12.5 Å². The van der Waals surface area contributed by atoms with Crippen LogP contribution in [0.4, 0.5) is 25.8 Å². The molecule has 2 aliphatic rings. The quantitative estimate of drug-likeness (QED) is 0.678. The minimum absolute atomic E-state index is 0.00214. The second-order valence-electron chi connectivity index (χ2n) is 8.07. The molecule has 8 heteroatoms. The molecule has 2 aromatic carbocycles. The highest BCUT2D eigenvalue weighted by Crippen LogP contribution is 2.51. The van der Waals surface area contributed by atoms with Gasteiger partial charge in [-0.15, -0.1) is 0 Å². The molecule has 5 rings (SSSR count). The summed E-state index contributed by atoms with van der Waals surface area (Å²) in [5.74, 6) is -1.37. The van der Waals surface area contributed by atoms with Crippen molar-refractivity contribution in [2.75, 3.05) is 23.3 Å². The Bertz CT molecular complexity index is 1200. The van der Waals surface area contributed by atoms with Gasteiger partial charge in [0.05, 0.1) is 33.9 Å².